The van der Waals surface area contributed by atoms with Crippen molar-refractivity contribution in [1.82, 2.24) is 4.90 Å². The summed E-state index contributed by atoms with van der Waals surface area (Å²) in [5, 5.41) is 10.9. The Balaban J connectivity index is 1.77. The van der Waals surface area contributed by atoms with Gasteiger partial charge in [-0.2, -0.15) is 0 Å². The first-order valence-electron chi connectivity index (χ1n) is 8.14. The summed E-state index contributed by atoms with van der Waals surface area (Å²) in [5.41, 5.74) is 0.738. The standard InChI is InChI=1S/C19H21NO3/c21-18(22)11-10-14-5-4-12-20(13-14)19(23)17-9-3-7-15-6-1-2-8-16(15)17/h1-3,6-9,14H,4-5,10-13H2,(H,21,22). The molecule has 3 rings (SSSR count). The van der Waals surface area contributed by atoms with E-state index < -0.39 is 5.97 Å². The van der Waals surface area contributed by atoms with Crippen molar-refractivity contribution in [2.75, 3.05) is 13.1 Å². The van der Waals surface area contributed by atoms with Gasteiger partial charge in [0.05, 0.1) is 0 Å². The number of carboxylic acid groups (broad SMARTS) is 1. The Hall–Kier alpha value is -2.36. The van der Waals surface area contributed by atoms with E-state index in [0.717, 1.165) is 35.7 Å². The summed E-state index contributed by atoms with van der Waals surface area (Å²) in [6.45, 7) is 1.42. The lowest BCUT2D eigenvalue weighted by Crippen LogP contribution is -2.40. The van der Waals surface area contributed by atoms with E-state index in [4.69, 9.17) is 5.11 Å². The predicted molar refractivity (Wildman–Crippen MR) is 89.4 cm³/mol. The van der Waals surface area contributed by atoms with E-state index in [-0.39, 0.29) is 12.3 Å². The van der Waals surface area contributed by atoms with Gasteiger partial charge in [0.25, 0.3) is 5.91 Å². The second-order valence-corrected chi connectivity index (χ2v) is 6.22. The second kappa shape index (κ2) is 6.82. The van der Waals surface area contributed by atoms with E-state index in [9.17, 15) is 9.59 Å². The molecule has 0 bridgehead atoms. The van der Waals surface area contributed by atoms with Gasteiger partial charge in [-0.15, -0.1) is 0 Å². The maximum absolute atomic E-state index is 12.9. The number of carbonyl (C=O) groups excluding carboxylic acids is 1. The van der Waals surface area contributed by atoms with Crippen LogP contribution >= 0.6 is 0 Å². The predicted octanol–water partition coefficient (Wildman–Crippen LogP) is 3.56. The van der Waals surface area contributed by atoms with Gasteiger partial charge in [0.15, 0.2) is 0 Å². The van der Waals surface area contributed by atoms with Crippen LogP contribution in [0.4, 0.5) is 0 Å². The zero-order chi connectivity index (χ0) is 16.2. The molecule has 2 aromatic carbocycles. The number of carbonyl (C=O) groups is 2. The molecule has 1 aliphatic heterocycles. The van der Waals surface area contributed by atoms with Crippen molar-refractivity contribution in [2.24, 2.45) is 5.92 Å². The summed E-state index contributed by atoms with van der Waals surface area (Å²) in [6.07, 6.45) is 2.78. The highest BCUT2D eigenvalue weighted by Gasteiger charge is 2.25. The van der Waals surface area contributed by atoms with Crippen LogP contribution in [-0.2, 0) is 4.79 Å². The molecule has 1 atom stereocenters. The molecule has 1 fully saturated rings. The molecule has 0 spiro atoms. The van der Waals surface area contributed by atoms with Crippen molar-refractivity contribution in [2.45, 2.75) is 25.7 Å². The molecular weight excluding hydrogens is 290 g/mol. The number of rotatable bonds is 4. The normalized spacial score (nSPS) is 18.1. The van der Waals surface area contributed by atoms with Crippen LogP contribution in [0.5, 0.6) is 0 Å². The van der Waals surface area contributed by atoms with Crippen molar-refractivity contribution >= 4 is 22.6 Å². The highest BCUT2D eigenvalue weighted by Crippen LogP contribution is 2.25. The molecule has 2 aromatic rings. The molecule has 1 unspecified atom stereocenters. The van der Waals surface area contributed by atoms with Gasteiger partial charge in [-0.05, 0) is 42.0 Å². The zero-order valence-electron chi connectivity index (χ0n) is 13.1. The summed E-state index contributed by atoms with van der Waals surface area (Å²) < 4.78 is 0. The Labute approximate surface area is 135 Å². The number of piperidine rings is 1. The van der Waals surface area contributed by atoms with E-state index in [2.05, 4.69) is 0 Å². The van der Waals surface area contributed by atoms with E-state index in [1.807, 2.05) is 47.4 Å². The van der Waals surface area contributed by atoms with Crippen LogP contribution < -0.4 is 0 Å². The van der Waals surface area contributed by atoms with E-state index >= 15 is 0 Å². The molecular formula is C19H21NO3. The molecule has 4 heteroatoms. The Kier molecular flexibility index (Phi) is 4.60. The number of nitrogens with zero attached hydrogens (tertiary/aromatic N) is 1. The average Bonchev–Trinajstić information content (AvgIpc) is 2.59. The molecule has 4 nitrogen and oxygen atoms in total. The Morgan fingerprint density at radius 2 is 1.91 bits per heavy atom. The quantitative estimate of drug-likeness (QED) is 0.939. The SMILES string of the molecule is O=C(O)CCC1CCCN(C(=O)c2cccc3ccccc23)C1. The lowest BCUT2D eigenvalue weighted by Gasteiger charge is -2.33. The third-order valence-electron chi connectivity index (χ3n) is 4.59. The summed E-state index contributed by atoms with van der Waals surface area (Å²) in [5.74, 6) is -0.414. The first-order valence-corrected chi connectivity index (χ1v) is 8.14. The van der Waals surface area contributed by atoms with E-state index in [0.29, 0.717) is 18.9 Å². The van der Waals surface area contributed by atoms with Crippen LogP contribution in [0.25, 0.3) is 10.8 Å². The molecule has 1 heterocycles. The maximum atomic E-state index is 12.9. The molecule has 23 heavy (non-hydrogen) atoms. The van der Waals surface area contributed by atoms with Gasteiger partial charge in [-0.25, -0.2) is 0 Å². The molecule has 0 saturated carbocycles. The lowest BCUT2D eigenvalue weighted by atomic mass is 9.92. The summed E-state index contributed by atoms with van der Waals surface area (Å²) in [6, 6.07) is 13.7. The molecule has 1 N–H and O–H groups in total. The summed E-state index contributed by atoms with van der Waals surface area (Å²) in [4.78, 5) is 25.5. The Bertz CT molecular complexity index is 720. The van der Waals surface area contributed by atoms with Crippen LogP contribution in [0.15, 0.2) is 42.5 Å². The molecule has 1 saturated heterocycles. The number of benzene rings is 2. The zero-order valence-corrected chi connectivity index (χ0v) is 13.1. The largest absolute Gasteiger partial charge is 0.481 e. The highest BCUT2D eigenvalue weighted by molar-refractivity contribution is 6.07. The second-order valence-electron chi connectivity index (χ2n) is 6.22. The van der Waals surface area contributed by atoms with E-state index in [1.54, 1.807) is 0 Å². The Morgan fingerprint density at radius 1 is 1.13 bits per heavy atom. The summed E-state index contributed by atoms with van der Waals surface area (Å²) in [7, 11) is 0. The minimum absolute atomic E-state index is 0.0572. The van der Waals surface area contributed by atoms with Gasteiger partial charge in [0, 0.05) is 25.1 Å². The average molecular weight is 311 g/mol. The molecule has 1 amide bonds. The maximum Gasteiger partial charge on any atom is 0.303 e. The lowest BCUT2D eigenvalue weighted by molar-refractivity contribution is -0.137. The highest BCUT2D eigenvalue weighted by atomic mass is 16.4. The van der Waals surface area contributed by atoms with Crippen molar-refractivity contribution in [3.05, 3.63) is 48.0 Å². The first-order chi connectivity index (χ1) is 11.1. The monoisotopic (exact) mass is 311 g/mol. The fourth-order valence-electron chi connectivity index (χ4n) is 3.39. The molecule has 0 aliphatic carbocycles. The van der Waals surface area contributed by atoms with Gasteiger partial charge >= 0.3 is 5.97 Å². The fourth-order valence-corrected chi connectivity index (χ4v) is 3.39. The number of amides is 1. The molecule has 0 aromatic heterocycles. The number of carboxylic acids is 1. The van der Waals surface area contributed by atoms with Crippen LogP contribution in [0, 0.1) is 5.92 Å². The smallest absolute Gasteiger partial charge is 0.303 e. The molecule has 0 radical (unpaired) electrons. The number of likely N-dealkylation sites (tertiary alicyclic amines) is 1. The number of hydrogen-bond acceptors (Lipinski definition) is 2. The number of hydrogen-bond donors (Lipinski definition) is 1. The van der Waals surface area contributed by atoms with Crippen molar-refractivity contribution < 1.29 is 14.7 Å². The van der Waals surface area contributed by atoms with Gasteiger partial charge in [0.1, 0.15) is 0 Å². The minimum Gasteiger partial charge on any atom is -0.481 e. The molecule has 1 aliphatic rings. The minimum atomic E-state index is -0.762. The fraction of sp³-hybridized carbons (Fsp3) is 0.368. The van der Waals surface area contributed by atoms with E-state index in [1.165, 1.54) is 0 Å². The van der Waals surface area contributed by atoms with Crippen LogP contribution in [0.1, 0.15) is 36.0 Å². The van der Waals surface area contributed by atoms with Gasteiger partial charge in [-0.3, -0.25) is 9.59 Å². The van der Waals surface area contributed by atoms with Crippen LogP contribution in [0.3, 0.4) is 0 Å². The van der Waals surface area contributed by atoms with Crippen molar-refractivity contribution in [3.8, 4) is 0 Å². The molecule has 120 valence electrons. The Morgan fingerprint density at radius 3 is 2.74 bits per heavy atom. The third-order valence-corrected chi connectivity index (χ3v) is 4.59. The number of aliphatic carboxylic acids is 1. The van der Waals surface area contributed by atoms with Crippen molar-refractivity contribution in [3.63, 3.8) is 0 Å². The number of fused-ring (bicyclic) bond motifs is 1. The topological polar surface area (TPSA) is 57.6 Å². The van der Waals surface area contributed by atoms with Gasteiger partial charge in [0.2, 0.25) is 0 Å². The summed E-state index contributed by atoms with van der Waals surface area (Å²) >= 11 is 0. The third kappa shape index (κ3) is 3.52. The van der Waals surface area contributed by atoms with Crippen LogP contribution in [-0.4, -0.2) is 35.0 Å². The van der Waals surface area contributed by atoms with Gasteiger partial charge in [-0.1, -0.05) is 36.4 Å². The van der Waals surface area contributed by atoms with Crippen LogP contribution in [0.2, 0.25) is 0 Å². The van der Waals surface area contributed by atoms with Crippen molar-refractivity contribution in [1.29, 1.82) is 0 Å². The first kappa shape index (κ1) is 15.5. The van der Waals surface area contributed by atoms with Gasteiger partial charge < -0.3 is 10.0 Å².